The molecule has 2 heterocycles. The van der Waals surface area contributed by atoms with Gasteiger partial charge in [0.1, 0.15) is 5.01 Å². The van der Waals surface area contributed by atoms with E-state index in [2.05, 4.69) is 36.5 Å². The van der Waals surface area contributed by atoms with E-state index < -0.39 is 0 Å². The average molecular weight is 282 g/mol. The Balaban J connectivity index is 1.84. The molecule has 19 heavy (non-hydrogen) atoms. The molecule has 0 aliphatic carbocycles. The minimum atomic E-state index is 0.00753. The number of thiazole rings is 1. The number of hydrogen-bond acceptors (Lipinski definition) is 4. The summed E-state index contributed by atoms with van der Waals surface area (Å²) in [6.07, 6.45) is 6.41. The molecule has 1 aliphatic rings. The number of ether oxygens (including phenoxy) is 1. The third-order valence-electron chi connectivity index (χ3n) is 4.05. The second kappa shape index (κ2) is 6.82. The molecule has 0 spiro atoms. The van der Waals surface area contributed by atoms with E-state index >= 15 is 0 Å². The van der Waals surface area contributed by atoms with Crippen LogP contribution in [0.15, 0.2) is 5.38 Å². The lowest BCUT2D eigenvalue weighted by atomic mass is 9.99. The summed E-state index contributed by atoms with van der Waals surface area (Å²) in [7, 11) is 0. The molecular weight excluding hydrogens is 256 g/mol. The molecule has 0 bridgehead atoms. The highest BCUT2D eigenvalue weighted by atomic mass is 32.1. The molecule has 1 N–H and O–H groups in total. The van der Waals surface area contributed by atoms with Gasteiger partial charge < -0.3 is 10.1 Å². The van der Waals surface area contributed by atoms with Crippen molar-refractivity contribution in [2.45, 2.75) is 64.5 Å². The summed E-state index contributed by atoms with van der Waals surface area (Å²) in [6.45, 7) is 8.49. The van der Waals surface area contributed by atoms with Crippen LogP contribution in [0.4, 0.5) is 0 Å². The molecule has 1 aliphatic heterocycles. The highest BCUT2D eigenvalue weighted by Crippen LogP contribution is 2.27. The fourth-order valence-corrected chi connectivity index (χ4v) is 3.51. The Bertz CT molecular complexity index is 387. The zero-order valence-corrected chi connectivity index (χ0v) is 13.2. The highest BCUT2D eigenvalue weighted by molar-refractivity contribution is 7.09. The van der Waals surface area contributed by atoms with E-state index in [4.69, 9.17) is 4.74 Å². The molecule has 4 heteroatoms. The van der Waals surface area contributed by atoms with Crippen LogP contribution < -0.4 is 5.32 Å². The van der Waals surface area contributed by atoms with Crippen LogP contribution >= 0.6 is 11.3 Å². The summed E-state index contributed by atoms with van der Waals surface area (Å²) in [5.41, 5.74) is 1.13. The summed E-state index contributed by atoms with van der Waals surface area (Å²) in [6, 6.07) is 0. The van der Waals surface area contributed by atoms with Gasteiger partial charge in [-0.25, -0.2) is 4.98 Å². The Morgan fingerprint density at radius 3 is 2.95 bits per heavy atom. The maximum Gasteiger partial charge on any atom is 0.113 e. The van der Waals surface area contributed by atoms with E-state index in [9.17, 15) is 0 Å². The number of rotatable bonds is 6. The number of aryl methyl sites for hydroxylation is 1. The van der Waals surface area contributed by atoms with Crippen molar-refractivity contribution < 1.29 is 4.74 Å². The maximum atomic E-state index is 5.78. The van der Waals surface area contributed by atoms with Gasteiger partial charge in [0, 0.05) is 17.7 Å². The van der Waals surface area contributed by atoms with Crippen LogP contribution in [0.2, 0.25) is 0 Å². The van der Waals surface area contributed by atoms with Crippen molar-refractivity contribution in [2.75, 3.05) is 13.2 Å². The Hall–Kier alpha value is -0.450. The van der Waals surface area contributed by atoms with Crippen LogP contribution in [0.25, 0.3) is 0 Å². The summed E-state index contributed by atoms with van der Waals surface area (Å²) in [5.74, 6) is 0. The Morgan fingerprint density at radius 1 is 1.53 bits per heavy atom. The molecule has 2 atom stereocenters. The van der Waals surface area contributed by atoms with Crippen LogP contribution in [0, 0.1) is 6.92 Å². The van der Waals surface area contributed by atoms with Gasteiger partial charge in [-0.05, 0) is 52.5 Å². The van der Waals surface area contributed by atoms with Crippen molar-refractivity contribution in [3.05, 3.63) is 16.1 Å². The topological polar surface area (TPSA) is 34.1 Å². The third-order valence-corrected chi connectivity index (χ3v) is 5.28. The van der Waals surface area contributed by atoms with E-state index in [1.165, 1.54) is 24.3 Å². The SMILES string of the molecule is CCC(C)(NCCC1CCCCO1)c1nc(C)cs1. The van der Waals surface area contributed by atoms with Gasteiger partial charge in [-0.1, -0.05) is 6.92 Å². The van der Waals surface area contributed by atoms with Crippen LogP contribution in [-0.4, -0.2) is 24.2 Å². The Kier molecular flexibility index (Phi) is 5.37. The van der Waals surface area contributed by atoms with Crippen molar-refractivity contribution in [3.63, 3.8) is 0 Å². The molecule has 1 aromatic heterocycles. The average Bonchev–Trinajstić information content (AvgIpc) is 2.87. The summed E-state index contributed by atoms with van der Waals surface area (Å²) < 4.78 is 5.78. The molecule has 3 nitrogen and oxygen atoms in total. The van der Waals surface area contributed by atoms with E-state index in [1.807, 2.05) is 0 Å². The summed E-state index contributed by atoms with van der Waals surface area (Å²) in [4.78, 5) is 4.64. The first kappa shape index (κ1) is 14.9. The zero-order valence-electron chi connectivity index (χ0n) is 12.4. The second-order valence-corrected chi connectivity index (χ2v) is 6.54. The van der Waals surface area contributed by atoms with Gasteiger partial charge >= 0.3 is 0 Å². The minimum absolute atomic E-state index is 0.00753. The monoisotopic (exact) mass is 282 g/mol. The molecule has 0 aromatic carbocycles. The van der Waals surface area contributed by atoms with E-state index in [1.54, 1.807) is 11.3 Å². The number of aromatic nitrogens is 1. The van der Waals surface area contributed by atoms with Gasteiger partial charge in [-0.15, -0.1) is 11.3 Å². The van der Waals surface area contributed by atoms with Crippen LogP contribution in [0.3, 0.4) is 0 Å². The molecule has 1 saturated heterocycles. The fourth-order valence-electron chi connectivity index (χ4n) is 2.50. The maximum absolute atomic E-state index is 5.78. The predicted molar refractivity (Wildman–Crippen MR) is 80.7 cm³/mol. The first-order valence-corrected chi connectivity index (χ1v) is 8.31. The van der Waals surface area contributed by atoms with Gasteiger partial charge in [0.05, 0.1) is 11.6 Å². The molecule has 0 saturated carbocycles. The van der Waals surface area contributed by atoms with Crippen molar-refractivity contribution >= 4 is 11.3 Å². The number of nitrogens with zero attached hydrogens (tertiary/aromatic N) is 1. The zero-order chi connectivity index (χ0) is 13.7. The van der Waals surface area contributed by atoms with Crippen LogP contribution in [0.5, 0.6) is 0 Å². The summed E-state index contributed by atoms with van der Waals surface area (Å²) >= 11 is 1.76. The lowest BCUT2D eigenvalue weighted by Gasteiger charge is -2.29. The molecule has 2 unspecified atom stereocenters. The van der Waals surface area contributed by atoms with Crippen molar-refractivity contribution in [1.82, 2.24) is 10.3 Å². The largest absolute Gasteiger partial charge is 0.378 e. The Labute approximate surface area is 120 Å². The molecule has 0 radical (unpaired) electrons. The van der Waals surface area contributed by atoms with Crippen molar-refractivity contribution in [1.29, 1.82) is 0 Å². The third kappa shape index (κ3) is 4.01. The van der Waals surface area contributed by atoms with Gasteiger partial charge in [-0.2, -0.15) is 0 Å². The summed E-state index contributed by atoms with van der Waals surface area (Å²) in [5, 5.41) is 7.03. The standard InChI is InChI=1S/C15H26N2OS/c1-4-15(3,14-17-12(2)11-19-14)16-9-8-13-7-5-6-10-18-13/h11,13,16H,4-10H2,1-3H3. The van der Waals surface area contributed by atoms with Crippen molar-refractivity contribution in [3.8, 4) is 0 Å². The molecular formula is C15H26N2OS. The van der Waals surface area contributed by atoms with Crippen LogP contribution in [0.1, 0.15) is 56.7 Å². The predicted octanol–water partition coefficient (Wildman–Crippen LogP) is 3.63. The van der Waals surface area contributed by atoms with Gasteiger partial charge in [0.2, 0.25) is 0 Å². The lowest BCUT2D eigenvalue weighted by Crippen LogP contribution is -2.40. The fraction of sp³-hybridized carbons (Fsp3) is 0.800. The molecule has 0 amide bonds. The minimum Gasteiger partial charge on any atom is -0.378 e. The highest BCUT2D eigenvalue weighted by Gasteiger charge is 2.27. The van der Waals surface area contributed by atoms with E-state index in [0.29, 0.717) is 6.10 Å². The normalized spacial score (nSPS) is 23.2. The van der Waals surface area contributed by atoms with Crippen molar-refractivity contribution in [2.24, 2.45) is 0 Å². The first-order valence-electron chi connectivity index (χ1n) is 7.43. The van der Waals surface area contributed by atoms with E-state index in [0.717, 1.165) is 31.7 Å². The molecule has 1 fully saturated rings. The number of nitrogens with one attached hydrogen (secondary N) is 1. The quantitative estimate of drug-likeness (QED) is 0.865. The number of hydrogen-bond donors (Lipinski definition) is 1. The molecule has 108 valence electrons. The van der Waals surface area contributed by atoms with Gasteiger partial charge in [0.25, 0.3) is 0 Å². The van der Waals surface area contributed by atoms with Gasteiger partial charge in [0.15, 0.2) is 0 Å². The second-order valence-electron chi connectivity index (χ2n) is 5.68. The molecule has 1 aromatic rings. The smallest absolute Gasteiger partial charge is 0.113 e. The van der Waals surface area contributed by atoms with Gasteiger partial charge in [-0.3, -0.25) is 0 Å². The molecule has 2 rings (SSSR count). The van der Waals surface area contributed by atoms with Crippen LogP contribution in [-0.2, 0) is 10.3 Å². The lowest BCUT2D eigenvalue weighted by molar-refractivity contribution is 0.0104. The Morgan fingerprint density at radius 2 is 2.37 bits per heavy atom. The van der Waals surface area contributed by atoms with E-state index in [-0.39, 0.29) is 5.54 Å². The first-order chi connectivity index (χ1) is 9.14.